The van der Waals surface area contributed by atoms with E-state index in [0.717, 1.165) is 21.0 Å². The minimum Gasteiger partial charge on any atom is -0.495 e. The summed E-state index contributed by atoms with van der Waals surface area (Å²) in [6, 6.07) is 21.6. The third-order valence-corrected chi connectivity index (χ3v) is 7.03. The quantitative estimate of drug-likeness (QED) is 0.425. The maximum Gasteiger partial charge on any atom is 0.245 e. The SMILES string of the molecule is COc1ccccc1N(CC(=O)Nc1ccccc1SCc1ccc(Cl)cc1)S(C)(=O)=O. The van der Waals surface area contributed by atoms with Crippen molar-refractivity contribution in [2.24, 2.45) is 0 Å². The molecule has 6 nitrogen and oxygen atoms in total. The molecule has 0 fully saturated rings. The highest BCUT2D eigenvalue weighted by Gasteiger charge is 2.24. The molecule has 0 radical (unpaired) electrons. The molecule has 32 heavy (non-hydrogen) atoms. The molecule has 0 aliphatic rings. The predicted octanol–water partition coefficient (Wildman–Crippen LogP) is 5.05. The minimum atomic E-state index is -3.72. The van der Waals surface area contributed by atoms with Gasteiger partial charge in [-0.15, -0.1) is 11.8 Å². The van der Waals surface area contributed by atoms with Crippen LogP contribution in [0, 0.1) is 0 Å². The second-order valence-corrected chi connectivity index (χ2v) is 10.3. The summed E-state index contributed by atoms with van der Waals surface area (Å²) in [6.45, 7) is -0.380. The molecule has 0 aliphatic carbocycles. The lowest BCUT2D eigenvalue weighted by atomic mass is 10.2. The normalized spacial score (nSPS) is 11.1. The van der Waals surface area contributed by atoms with Gasteiger partial charge < -0.3 is 10.1 Å². The second kappa shape index (κ2) is 10.8. The fourth-order valence-electron chi connectivity index (χ4n) is 2.97. The number of nitrogens with one attached hydrogen (secondary N) is 1. The minimum absolute atomic E-state index is 0.304. The van der Waals surface area contributed by atoms with Gasteiger partial charge in [-0.2, -0.15) is 0 Å². The molecule has 0 aromatic heterocycles. The van der Waals surface area contributed by atoms with Crippen molar-refractivity contribution in [3.05, 3.63) is 83.4 Å². The van der Waals surface area contributed by atoms with E-state index in [9.17, 15) is 13.2 Å². The number of sulfonamides is 1. The van der Waals surface area contributed by atoms with Gasteiger partial charge in [0.1, 0.15) is 12.3 Å². The lowest BCUT2D eigenvalue weighted by molar-refractivity contribution is -0.114. The van der Waals surface area contributed by atoms with Crippen molar-refractivity contribution in [3.8, 4) is 5.75 Å². The smallest absolute Gasteiger partial charge is 0.245 e. The highest BCUT2D eigenvalue weighted by molar-refractivity contribution is 7.98. The number of benzene rings is 3. The molecule has 0 atom stereocenters. The third kappa shape index (κ3) is 6.41. The number of rotatable bonds is 9. The van der Waals surface area contributed by atoms with Crippen LogP contribution in [0.3, 0.4) is 0 Å². The van der Waals surface area contributed by atoms with Crippen molar-refractivity contribution in [2.45, 2.75) is 10.6 Å². The van der Waals surface area contributed by atoms with Crippen LogP contribution in [0.15, 0.2) is 77.7 Å². The Morgan fingerprint density at radius 2 is 1.69 bits per heavy atom. The van der Waals surface area contributed by atoms with Gasteiger partial charge in [0, 0.05) is 15.7 Å². The number of methoxy groups -OCH3 is 1. The van der Waals surface area contributed by atoms with Gasteiger partial charge in [0.15, 0.2) is 0 Å². The zero-order valence-corrected chi connectivity index (χ0v) is 20.0. The number of ether oxygens (including phenoxy) is 1. The van der Waals surface area contributed by atoms with Crippen LogP contribution in [0.1, 0.15) is 5.56 Å². The number of anilines is 2. The molecule has 3 aromatic carbocycles. The van der Waals surface area contributed by atoms with Crippen molar-refractivity contribution < 1.29 is 17.9 Å². The highest BCUT2D eigenvalue weighted by Crippen LogP contribution is 2.31. The molecular weight excluding hydrogens is 468 g/mol. The van der Waals surface area contributed by atoms with Gasteiger partial charge in [-0.1, -0.05) is 48.0 Å². The van der Waals surface area contributed by atoms with Crippen LogP contribution in [0.4, 0.5) is 11.4 Å². The first-order valence-corrected chi connectivity index (χ1v) is 12.9. The van der Waals surface area contributed by atoms with Gasteiger partial charge in [-0.25, -0.2) is 8.42 Å². The van der Waals surface area contributed by atoms with Crippen molar-refractivity contribution in [1.29, 1.82) is 0 Å². The lowest BCUT2D eigenvalue weighted by Crippen LogP contribution is -2.37. The number of hydrogen-bond donors (Lipinski definition) is 1. The summed E-state index contributed by atoms with van der Waals surface area (Å²) in [7, 11) is -2.27. The van der Waals surface area contributed by atoms with E-state index in [-0.39, 0.29) is 6.54 Å². The summed E-state index contributed by atoms with van der Waals surface area (Å²) >= 11 is 7.50. The summed E-state index contributed by atoms with van der Waals surface area (Å²) in [5.41, 5.74) is 2.02. The van der Waals surface area contributed by atoms with Crippen molar-refractivity contribution in [2.75, 3.05) is 29.5 Å². The predicted molar refractivity (Wildman–Crippen MR) is 131 cm³/mol. The molecule has 0 heterocycles. The standard InChI is InChI=1S/C23H23ClN2O4S2/c1-30-21-9-5-4-8-20(21)26(32(2,28)29)15-23(27)25-19-7-3-6-10-22(19)31-16-17-11-13-18(24)14-12-17/h3-14H,15-16H2,1-2H3,(H,25,27). The molecule has 1 amide bonds. The lowest BCUT2D eigenvalue weighted by Gasteiger charge is -2.24. The molecule has 3 aromatic rings. The monoisotopic (exact) mass is 490 g/mol. The molecular formula is C23H23ClN2O4S2. The molecule has 3 rings (SSSR count). The van der Waals surface area contributed by atoms with Crippen LogP contribution >= 0.6 is 23.4 Å². The Hall–Kier alpha value is -2.68. The number of hydrogen-bond acceptors (Lipinski definition) is 5. The van der Waals surface area contributed by atoms with Crippen LogP contribution in [-0.2, 0) is 20.6 Å². The van der Waals surface area contributed by atoms with Gasteiger partial charge in [-0.05, 0) is 42.0 Å². The van der Waals surface area contributed by atoms with E-state index in [1.807, 2.05) is 42.5 Å². The molecule has 0 bridgehead atoms. The summed E-state index contributed by atoms with van der Waals surface area (Å²) in [5.74, 6) is 0.603. The Kier molecular flexibility index (Phi) is 8.06. The molecule has 0 saturated carbocycles. The maximum atomic E-state index is 12.8. The first-order valence-electron chi connectivity index (χ1n) is 9.65. The topological polar surface area (TPSA) is 75.7 Å². The highest BCUT2D eigenvalue weighted by atomic mass is 35.5. The van der Waals surface area contributed by atoms with Gasteiger partial charge in [0.25, 0.3) is 0 Å². The Bertz CT molecular complexity index is 1180. The average Bonchev–Trinajstić information content (AvgIpc) is 2.77. The third-order valence-electron chi connectivity index (χ3n) is 4.51. The van der Waals surface area contributed by atoms with Crippen LogP contribution in [0.2, 0.25) is 5.02 Å². The first kappa shape index (κ1) is 24.0. The number of nitrogens with zero attached hydrogens (tertiary/aromatic N) is 1. The van der Waals surface area contributed by atoms with E-state index in [1.54, 1.807) is 42.1 Å². The number of thioether (sulfide) groups is 1. The Morgan fingerprint density at radius 1 is 1.03 bits per heavy atom. The molecule has 0 spiro atoms. The van der Waals surface area contributed by atoms with Crippen molar-refractivity contribution in [1.82, 2.24) is 0 Å². The number of halogens is 1. The number of para-hydroxylation sites is 3. The van der Waals surface area contributed by atoms with Gasteiger partial charge in [-0.3, -0.25) is 9.10 Å². The zero-order chi connectivity index (χ0) is 23.1. The number of carbonyl (C=O) groups excluding carboxylic acids is 1. The van der Waals surface area contributed by atoms with Crippen molar-refractivity contribution >= 4 is 50.7 Å². The first-order chi connectivity index (χ1) is 15.3. The molecule has 168 valence electrons. The molecule has 9 heteroatoms. The maximum absolute atomic E-state index is 12.8. The summed E-state index contributed by atoms with van der Waals surface area (Å²) in [4.78, 5) is 13.7. The van der Waals surface area contributed by atoms with E-state index in [0.29, 0.717) is 27.9 Å². The van der Waals surface area contributed by atoms with Crippen LogP contribution < -0.4 is 14.4 Å². The second-order valence-electron chi connectivity index (χ2n) is 6.90. The number of amides is 1. The summed E-state index contributed by atoms with van der Waals surface area (Å²) in [5, 5.41) is 3.52. The van der Waals surface area contributed by atoms with E-state index >= 15 is 0 Å². The van der Waals surface area contributed by atoms with Crippen LogP contribution in [-0.4, -0.2) is 34.2 Å². The fourth-order valence-corrected chi connectivity index (χ4v) is 4.92. The summed E-state index contributed by atoms with van der Waals surface area (Å²) in [6.07, 6.45) is 1.06. The Morgan fingerprint density at radius 3 is 2.38 bits per heavy atom. The average molecular weight is 491 g/mol. The number of carbonyl (C=O) groups is 1. The van der Waals surface area contributed by atoms with Crippen LogP contribution in [0.25, 0.3) is 0 Å². The Labute approximate surface area is 197 Å². The summed E-state index contributed by atoms with van der Waals surface area (Å²) < 4.78 is 31.1. The largest absolute Gasteiger partial charge is 0.495 e. The molecule has 0 unspecified atom stereocenters. The molecule has 1 N–H and O–H groups in total. The van der Waals surface area contributed by atoms with Gasteiger partial charge in [0.05, 0.1) is 24.7 Å². The van der Waals surface area contributed by atoms with E-state index in [4.69, 9.17) is 16.3 Å². The fraction of sp³-hybridized carbons (Fsp3) is 0.174. The zero-order valence-electron chi connectivity index (χ0n) is 17.6. The van der Waals surface area contributed by atoms with Gasteiger partial charge >= 0.3 is 0 Å². The molecule has 0 aliphatic heterocycles. The van der Waals surface area contributed by atoms with E-state index in [2.05, 4.69) is 5.32 Å². The van der Waals surface area contributed by atoms with E-state index < -0.39 is 15.9 Å². The van der Waals surface area contributed by atoms with Crippen LogP contribution in [0.5, 0.6) is 5.75 Å². The van der Waals surface area contributed by atoms with Gasteiger partial charge in [0.2, 0.25) is 15.9 Å². The molecule has 0 saturated heterocycles. The van der Waals surface area contributed by atoms with Crippen molar-refractivity contribution in [3.63, 3.8) is 0 Å². The Balaban J connectivity index is 1.75. The van der Waals surface area contributed by atoms with E-state index in [1.165, 1.54) is 7.11 Å².